The van der Waals surface area contributed by atoms with Crippen LogP contribution in [-0.4, -0.2) is 22.6 Å². The number of halogens is 1. The number of pyridine rings is 1. The van der Waals surface area contributed by atoms with Crippen LogP contribution in [-0.2, 0) is 6.54 Å². The molecule has 0 amide bonds. The number of rotatable bonds is 5. The zero-order chi connectivity index (χ0) is 14.5. The molecule has 0 aliphatic rings. The first-order valence-corrected chi connectivity index (χ1v) is 6.67. The van der Waals surface area contributed by atoms with E-state index >= 15 is 0 Å². The smallest absolute Gasteiger partial charge is 0.337 e. The lowest BCUT2D eigenvalue weighted by atomic mass is 10.1. The predicted molar refractivity (Wildman–Crippen MR) is 79.4 cm³/mol. The van der Waals surface area contributed by atoms with Crippen LogP contribution in [0.5, 0.6) is 0 Å². The lowest BCUT2D eigenvalue weighted by Crippen LogP contribution is -2.24. The Labute approximate surface area is 122 Å². The van der Waals surface area contributed by atoms with Gasteiger partial charge in [0.2, 0.25) is 0 Å². The summed E-state index contributed by atoms with van der Waals surface area (Å²) in [5.41, 5.74) is 1.74. The van der Waals surface area contributed by atoms with E-state index in [1.54, 1.807) is 18.3 Å². The second kappa shape index (κ2) is 6.39. The molecule has 104 valence electrons. The highest BCUT2D eigenvalue weighted by molar-refractivity contribution is 6.31. The van der Waals surface area contributed by atoms with E-state index in [0.717, 1.165) is 5.69 Å². The van der Waals surface area contributed by atoms with Crippen LogP contribution in [0.25, 0.3) is 0 Å². The third-order valence-corrected chi connectivity index (χ3v) is 3.23. The molecule has 1 aromatic carbocycles. The van der Waals surface area contributed by atoms with Gasteiger partial charge in [0, 0.05) is 17.8 Å². The van der Waals surface area contributed by atoms with E-state index in [1.807, 2.05) is 30.0 Å². The van der Waals surface area contributed by atoms with Crippen molar-refractivity contribution in [2.24, 2.45) is 0 Å². The highest BCUT2D eigenvalue weighted by Gasteiger charge is 2.16. The molecule has 0 aliphatic heterocycles. The molecule has 4 nitrogen and oxygen atoms in total. The van der Waals surface area contributed by atoms with Gasteiger partial charge in [0.05, 0.1) is 23.5 Å². The average molecular weight is 291 g/mol. The number of nitrogens with zero attached hydrogens (tertiary/aromatic N) is 2. The van der Waals surface area contributed by atoms with Crippen molar-refractivity contribution in [1.29, 1.82) is 0 Å². The minimum atomic E-state index is -0.984. The first kappa shape index (κ1) is 14.3. The molecule has 2 aromatic rings. The third kappa shape index (κ3) is 3.27. The van der Waals surface area contributed by atoms with Gasteiger partial charge < -0.3 is 10.0 Å². The number of anilines is 1. The maximum Gasteiger partial charge on any atom is 0.337 e. The normalized spacial score (nSPS) is 10.3. The van der Waals surface area contributed by atoms with Crippen molar-refractivity contribution in [3.05, 3.63) is 58.9 Å². The van der Waals surface area contributed by atoms with Gasteiger partial charge in [-0.25, -0.2) is 4.79 Å². The van der Waals surface area contributed by atoms with Crippen LogP contribution >= 0.6 is 11.6 Å². The Morgan fingerprint density at radius 1 is 1.35 bits per heavy atom. The van der Waals surface area contributed by atoms with Crippen LogP contribution in [0.1, 0.15) is 23.0 Å². The SMILES string of the molecule is CCN(Cc1ccccn1)c1ccc(Cl)cc1C(=O)O. The van der Waals surface area contributed by atoms with E-state index in [0.29, 0.717) is 23.8 Å². The minimum Gasteiger partial charge on any atom is -0.478 e. The van der Waals surface area contributed by atoms with Crippen molar-refractivity contribution in [1.82, 2.24) is 4.98 Å². The average Bonchev–Trinajstić information content (AvgIpc) is 2.46. The molecule has 0 saturated heterocycles. The third-order valence-electron chi connectivity index (χ3n) is 2.99. The molecule has 0 saturated carbocycles. The second-order valence-corrected chi connectivity index (χ2v) is 4.74. The molecule has 0 spiro atoms. The lowest BCUT2D eigenvalue weighted by Gasteiger charge is -2.24. The van der Waals surface area contributed by atoms with Crippen molar-refractivity contribution in [2.45, 2.75) is 13.5 Å². The summed E-state index contributed by atoms with van der Waals surface area (Å²) in [5.74, 6) is -0.984. The largest absolute Gasteiger partial charge is 0.478 e. The Morgan fingerprint density at radius 3 is 2.75 bits per heavy atom. The zero-order valence-electron chi connectivity index (χ0n) is 11.1. The molecule has 0 bridgehead atoms. The summed E-state index contributed by atoms with van der Waals surface area (Å²) in [6.07, 6.45) is 1.73. The molecule has 20 heavy (non-hydrogen) atoms. The Kier molecular flexibility index (Phi) is 4.58. The molecule has 1 aromatic heterocycles. The Hall–Kier alpha value is -2.07. The topological polar surface area (TPSA) is 53.4 Å². The van der Waals surface area contributed by atoms with Gasteiger partial charge in [-0.2, -0.15) is 0 Å². The van der Waals surface area contributed by atoms with Gasteiger partial charge in [-0.1, -0.05) is 17.7 Å². The van der Waals surface area contributed by atoms with Gasteiger partial charge in [0.25, 0.3) is 0 Å². The molecule has 5 heteroatoms. The van der Waals surface area contributed by atoms with Crippen LogP contribution in [0.3, 0.4) is 0 Å². The maximum atomic E-state index is 11.3. The van der Waals surface area contributed by atoms with Crippen LogP contribution in [0, 0.1) is 0 Å². The summed E-state index contributed by atoms with van der Waals surface area (Å²) in [7, 11) is 0. The van der Waals surface area contributed by atoms with Crippen LogP contribution in [0.2, 0.25) is 5.02 Å². The highest BCUT2D eigenvalue weighted by atomic mass is 35.5. The van der Waals surface area contributed by atoms with Crippen molar-refractivity contribution in [2.75, 3.05) is 11.4 Å². The van der Waals surface area contributed by atoms with E-state index in [2.05, 4.69) is 4.98 Å². The molecule has 0 aliphatic carbocycles. The zero-order valence-corrected chi connectivity index (χ0v) is 11.8. The number of aromatic carboxylic acids is 1. The first-order chi connectivity index (χ1) is 9.61. The lowest BCUT2D eigenvalue weighted by molar-refractivity contribution is 0.0697. The van der Waals surface area contributed by atoms with Crippen molar-refractivity contribution in [3.8, 4) is 0 Å². The van der Waals surface area contributed by atoms with Gasteiger partial charge >= 0.3 is 5.97 Å². The van der Waals surface area contributed by atoms with Gasteiger partial charge in [0.1, 0.15) is 0 Å². The van der Waals surface area contributed by atoms with Crippen LogP contribution in [0.15, 0.2) is 42.6 Å². The summed E-state index contributed by atoms with van der Waals surface area (Å²) >= 11 is 5.87. The predicted octanol–water partition coefficient (Wildman–Crippen LogP) is 3.46. The number of hydrogen-bond donors (Lipinski definition) is 1. The standard InChI is InChI=1S/C15H15ClN2O2/c1-2-18(10-12-5-3-4-8-17-12)14-7-6-11(16)9-13(14)15(19)20/h3-9H,2,10H2,1H3,(H,19,20). The monoisotopic (exact) mass is 290 g/mol. The fraction of sp³-hybridized carbons (Fsp3) is 0.200. The van der Waals surface area contributed by atoms with Gasteiger partial charge in [-0.05, 0) is 37.3 Å². The van der Waals surface area contributed by atoms with Gasteiger partial charge in [0.15, 0.2) is 0 Å². The maximum absolute atomic E-state index is 11.3. The van der Waals surface area contributed by atoms with E-state index < -0.39 is 5.97 Å². The number of carbonyl (C=O) groups is 1. The van der Waals surface area contributed by atoms with Crippen molar-refractivity contribution < 1.29 is 9.90 Å². The molecule has 0 unspecified atom stereocenters. The molecule has 0 radical (unpaired) electrons. The van der Waals surface area contributed by atoms with Crippen molar-refractivity contribution in [3.63, 3.8) is 0 Å². The fourth-order valence-electron chi connectivity index (χ4n) is 2.01. The molecular weight excluding hydrogens is 276 g/mol. The highest BCUT2D eigenvalue weighted by Crippen LogP contribution is 2.25. The number of benzene rings is 1. The molecular formula is C15H15ClN2O2. The minimum absolute atomic E-state index is 0.204. The Balaban J connectivity index is 2.34. The quantitative estimate of drug-likeness (QED) is 0.916. The second-order valence-electron chi connectivity index (χ2n) is 4.30. The Morgan fingerprint density at radius 2 is 2.15 bits per heavy atom. The van der Waals surface area contributed by atoms with E-state index in [9.17, 15) is 9.90 Å². The number of aromatic nitrogens is 1. The molecule has 0 fully saturated rings. The van der Waals surface area contributed by atoms with Gasteiger partial charge in [-0.3, -0.25) is 4.98 Å². The number of carboxylic acid groups (broad SMARTS) is 1. The molecule has 0 atom stereocenters. The van der Waals surface area contributed by atoms with E-state index in [-0.39, 0.29) is 5.56 Å². The molecule has 1 heterocycles. The summed E-state index contributed by atoms with van der Waals surface area (Å²) in [5, 5.41) is 9.72. The van der Waals surface area contributed by atoms with E-state index in [4.69, 9.17) is 11.6 Å². The van der Waals surface area contributed by atoms with Crippen LogP contribution < -0.4 is 4.90 Å². The van der Waals surface area contributed by atoms with Gasteiger partial charge in [-0.15, -0.1) is 0 Å². The molecule has 2 rings (SSSR count). The van der Waals surface area contributed by atoms with Crippen LogP contribution in [0.4, 0.5) is 5.69 Å². The summed E-state index contributed by atoms with van der Waals surface area (Å²) in [6.45, 7) is 3.21. The summed E-state index contributed by atoms with van der Waals surface area (Å²) < 4.78 is 0. The van der Waals surface area contributed by atoms with Crippen molar-refractivity contribution >= 4 is 23.3 Å². The van der Waals surface area contributed by atoms with E-state index in [1.165, 1.54) is 6.07 Å². The summed E-state index contributed by atoms with van der Waals surface area (Å²) in [6, 6.07) is 10.6. The number of hydrogen-bond acceptors (Lipinski definition) is 3. The molecule has 1 N–H and O–H groups in total. The number of carboxylic acids is 1. The Bertz CT molecular complexity index is 602. The fourth-order valence-corrected chi connectivity index (χ4v) is 2.18. The summed E-state index contributed by atoms with van der Waals surface area (Å²) in [4.78, 5) is 17.6. The first-order valence-electron chi connectivity index (χ1n) is 6.29.